The number of aromatic amines is 1. The Bertz CT molecular complexity index is 696. The first-order chi connectivity index (χ1) is 10.6. The van der Waals surface area contributed by atoms with E-state index in [2.05, 4.69) is 15.5 Å². The van der Waals surface area contributed by atoms with Gasteiger partial charge in [-0.05, 0) is 30.7 Å². The van der Waals surface area contributed by atoms with Crippen molar-refractivity contribution in [3.63, 3.8) is 0 Å². The number of H-pyrrole nitrogens is 1. The Labute approximate surface area is 125 Å². The molecule has 1 amide bonds. The second-order valence-corrected chi connectivity index (χ2v) is 5.07. The number of halogens is 1. The lowest BCUT2D eigenvalue weighted by Crippen LogP contribution is -2.30. The van der Waals surface area contributed by atoms with E-state index < -0.39 is 5.97 Å². The molecule has 7 heteroatoms. The van der Waals surface area contributed by atoms with Gasteiger partial charge < -0.3 is 10.1 Å². The number of rotatable bonds is 4. The van der Waals surface area contributed by atoms with Gasteiger partial charge in [-0.15, -0.1) is 0 Å². The van der Waals surface area contributed by atoms with Gasteiger partial charge in [-0.2, -0.15) is 5.10 Å². The molecule has 1 aromatic heterocycles. The third-order valence-electron chi connectivity index (χ3n) is 3.49. The zero-order valence-electron chi connectivity index (χ0n) is 11.6. The van der Waals surface area contributed by atoms with E-state index in [1.54, 1.807) is 12.1 Å². The van der Waals surface area contributed by atoms with Crippen LogP contribution in [0.4, 0.5) is 4.39 Å². The zero-order valence-corrected chi connectivity index (χ0v) is 11.6. The molecule has 0 saturated carbocycles. The van der Waals surface area contributed by atoms with Gasteiger partial charge in [0.05, 0.1) is 17.9 Å². The fourth-order valence-corrected chi connectivity index (χ4v) is 2.33. The number of nitrogens with one attached hydrogen (secondary N) is 2. The van der Waals surface area contributed by atoms with Gasteiger partial charge in [0.1, 0.15) is 18.0 Å². The molecule has 114 valence electrons. The van der Waals surface area contributed by atoms with Crippen LogP contribution in [-0.2, 0) is 9.53 Å². The summed E-state index contributed by atoms with van der Waals surface area (Å²) < 4.78 is 18.2. The molecule has 3 rings (SSSR count). The lowest BCUT2D eigenvalue weighted by molar-refractivity contribution is -0.119. The van der Waals surface area contributed by atoms with Gasteiger partial charge >= 0.3 is 5.97 Å². The Morgan fingerprint density at radius 3 is 2.82 bits per heavy atom. The maximum Gasteiger partial charge on any atom is 0.342 e. The third kappa shape index (κ3) is 2.98. The lowest BCUT2D eigenvalue weighted by atomic mass is 10.1. The van der Waals surface area contributed by atoms with Crippen LogP contribution in [0.5, 0.6) is 0 Å². The van der Waals surface area contributed by atoms with Gasteiger partial charge in [0.2, 0.25) is 5.91 Å². The minimum absolute atomic E-state index is 0.0311. The van der Waals surface area contributed by atoms with Gasteiger partial charge in [0.15, 0.2) is 0 Å². The number of ether oxygens (including phenoxy) is 1. The molecule has 0 radical (unpaired) electrons. The van der Waals surface area contributed by atoms with Crippen LogP contribution in [0.15, 0.2) is 30.5 Å². The zero-order chi connectivity index (χ0) is 15.5. The van der Waals surface area contributed by atoms with Crippen molar-refractivity contribution in [1.82, 2.24) is 15.5 Å². The summed E-state index contributed by atoms with van der Waals surface area (Å²) in [4.78, 5) is 23.2. The van der Waals surface area contributed by atoms with E-state index in [4.69, 9.17) is 4.74 Å². The molecule has 1 aliphatic heterocycles. The van der Waals surface area contributed by atoms with Crippen molar-refractivity contribution in [2.75, 3.05) is 6.61 Å². The Morgan fingerprint density at radius 2 is 2.14 bits per heavy atom. The number of esters is 1. The molecule has 22 heavy (non-hydrogen) atoms. The van der Waals surface area contributed by atoms with Crippen LogP contribution in [0.25, 0.3) is 11.3 Å². The summed E-state index contributed by atoms with van der Waals surface area (Å²) in [6, 6.07) is 5.57. The Kier molecular flexibility index (Phi) is 3.86. The van der Waals surface area contributed by atoms with Crippen LogP contribution in [-0.4, -0.2) is 34.7 Å². The van der Waals surface area contributed by atoms with Crippen molar-refractivity contribution in [1.29, 1.82) is 0 Å². The van der Waals surface area contributed by atoms with Crippen LogP contribution < -0.4 is 5.32 Å². The van der Waals surface area contributed by atoms with Crippen LogP contribution in [0.2, 0.25) is 0 Å². The Hall–Kier alpha value is -2.70. The van der Waals surface area contributed by atoms with Gasteiger partial charge in [-0.1, -0.05) is 0 Å². The summed E-state index contributed by atoms with van der Waals surface area (Å²) in [6.45, 7) is 0.124. The highest BCUT2D eigenvalue weighted by atomic mass is 19.1. The molecule has 0 bridgehead atoms. The highest BCUT2D eigenvalue weighted by molar-refractivity contribution is 5.95. The average molecular weight is 303 g/mol. The van der Waals surface area contributed by atoms with E-state index in [9.17, 15) is 14.0 Å². The largest absolute Gasteiger partial charge is 0.460 e. The van der Waals surface area contributed by atoms with Crippen molar-refractivity contribution in [3.8, 4) is 11.3 Å². The van der Waals surface area contributed by atoms with Gasteiger partial charge in [-0.3, -0.25) is 9.89 Å². The number of nitrogens with zero attached hydrogens (tertiary/aromatic N) is 1. The number of amides is 1. The summed E-state index contributed by atoms with van der Waals surface area (Å²) in [7, 11) is 0. The highest BCUT2D eigenvalue weighted by Gasteiger charge is 2.23. The standard InChI is InChI=1S/C15H14FN3O3/c16-10-3-1-9(2-4-10)14-12(7-17-19-14)15(21)22-8-11-5-6-13(20)18-11/h1-4,7,11H,5-6,8H2,(H,17,19)(H,18,20)/t11-/m1/s1. The topological polar surface area (TPSA) is 84.1 Å². The maximum atomic E-state index is 13.0. The van der Waals surface area contributed by atoms with Gasteiger partial charge in [0, 0.05) is 12.0 Å². The molecule has 6 nitrogen and oxygen atoms in total. The quantitative estimate of drug-likeness (QED) is 0.841. The monoisotopic (exact) mass is 303 g/mol. The molecule has 0 unspecified atom stereocenters. The number of benzene rings is 1. The number of carbonyl (C=O) groups is 2. The summed E-state index contributed by atoms with van der Waals surface area (Å²) in [5, 5.41) is 9.28. The van der Waals surface area contributed by atoms with E-state index in [0.717, 1.165) is 0 Å². The SMILES string of the molecule is O=C1CC[C@H](COC(=O)c2cn[nH]c2-c2ccc(F)cc2)N1. The van der Waals surface area contributed by atoms with E-state index in [1.165, 1.54) is 18.3 Å². The molecule has 1 fully saturated rings. The molecule has 0 spiro atoms. The maximum absolute atomic E-state index is 13.0. The molecular formula is C15H14FN3O3. The lowest BCUT2D eigenvalue weighted by Gasteiger charge is -2.10. The molecule has 2 heterocycles. The van der Waals surface area contributed by atoms with Crippen LogP contribution in [0.1, 0.15) is 23.2 Å². The predicted molar refractivity (Wildman–Crippen MR) is 75.4 cm³/mol. The van der Waals surface area contributed by atoms with E-state index >= 15 is 0 Å². The number of aromatic nitrogens is 2. The van der Waals surface area contributed by atoms with Crippen molar-refractivity contribution in [2.24, 2.45) is 0 Å². The number of hydrogen-bond acceptors (Lipinski definition) is 4. The first-order valence-corrected chi connectivity index (χ1v) is 6.89. The fourth-order valence-electron chi connectivity index (χ4n) is 2.33. The second-order valence-electron chi connectivity index (χ2n) is 5.07. The van der Waals surface area contributed by atoms with Crippen LogP contribution in [0.3, 0.4) is 0 Å². The van der Waals surface area contributed by atoms with Crippen molar-refractivity contribution < 1.29 is 18.7 Å². The number of hydrogen-bond donors (Lipinski definition) is 2. The minimum Gasteiger partial charge on any atom is -0.460 e. The summed E-state index contributed by atoms with van der Waals surface area (Å²) in [6.07, 6.45) is 2.48. The van der Waals surface area contributed by atoms with Crippen LogP contribution in [0, 0.1) is 5.82 Å². The molecule has 1 aliphatic rings. The Morgan fingerprint density at radius 1 is 1.36 bits per heavy atom. The smallest absolute Gasteiger partial charge is 0.342 e. The fraction of sp³-hybridized carbons (Fsp3) is 0.267. The first-order valence-electron chi connectivity index (χ1n) is 6.89. The summed E-state index contributed by atoms with van der Waals surface area (Å²) in [5.41, 5.74) is 1.39. The molecule has 1 atom stereocenters. The Balaban J connectivity index is 1.69. The summed E-state index contributed by atoms with van der Waals surface area (Å²) >= 11 is 0. The van der Waals surface area contributed by atoms with E-state index in [0.29, 0.717) is 24.1 Å². The first kappa shape index (κ1) is 14.2. The minimum atomic E-state index is -0.533. The molecule has 1 aromatic carbocycles. The van der Waals surface area contributed by atoms with Crippen molar-refractivity contribution >= 4 is 11.9 Å². The van der Waals surface area contributed by atoms with E-state index in [-0.39, 0.29) is 29.9 Å². The normalized spacial score (nSPS) is 17.3. The molecular weight excluding hydrogens is 289 g/mol. The van der Waals surface area contributed by atoms with Crippen molar-refractivity contribution in [3.05, 3.63) is 41.8 Å². The van der Waals surface area contributed by atoms with Crippen LogP contribution >= 0.6 is 0 Å². The predicted octanol–water partition coefficient (Wildman–Crippen LogP) is 1.65. The number of carbonyl (C=O) groups excluding carboxylic acids is 2. The summed E-state index contributed by atoms with van der Waals surface area (Å²) in [5.74, 6) is -0.921. The van der Waals surface area contributed by atoms with Crippen molar-refractivity contribution in [2.45, 2.75) is 18.9 Å². The van der Waals surface area contributed by atoms with Gasteiger partial charge in [-0.25, -0.2) is 9.18 Å². The van der Waals surface area contributed by atoms with E-state index in [1.807, 2.05) is 0 Å². The second kappa shape index (κ2) is 5.97. The highest BCUT2D eigenvalue weighted by Crippen LogP contribution is 2.22. The molecule has 2 aromatic rings. The molecule has 0 aliphatic carbocycles. The average Bonchev–Trinajstić information content (AvgIpc) is 3.14. The molecule has 2 N–H and O–H groups in total. The third-order valence-corrected chi connectivity index (χ3v) is 3.49. The molecule has 1 saturated heterocycles. The van der Waals surface area contributed by atoms with Gasteiger partial charge in [0.25, 0.3) is 0 Å².